The van der Waals surface area contributed by atoms with Crippen molar-refractivity contribution in [2.45, 2.75) is 12.8 Å². The molecular formula is C14H22N4O4S. The summed E-state index contributed by atoms with van der Waals surface area (Å²) in [5, 5.41) is 2.59. The molecular weight excluding hydrogens is 320 g/mol. The van der Waals surface area contributed by atoms with E-state index < -0.39 is 9.84 Å². The van der Waals surface area contributed by atoms with Crippen LogP contribution in [0.15, 0.2) is 12.4 Å². The molecule has 2 rings (SSSR count). The van der Waals surface area contributed by atoms with Crippen molar-refractivity contribution in [2.24, 2.45) is 13.0 Å². The van der Waals surface area contributed by atoms with Gasteiger partial charge in [0.05, 0.1) is 5.75 Å². The normalized spacial score (nSPS) is 18.7. The summed E-state index contributed by atoms with van der Waals surface area (Å²) in [6.07, 6.45) is 5.87. The average molecular weight is 342 g/mol. The molecule has 23 heavy (non-hydrogen) atoms. The molecule has 0 bridgehead atoms. The molecule has 8 nitrogen and oxygen atoms in total. The van der Waals surface area contributed by atoms with Crippen LogP contribution < -0.4 is 5.32 Å². The Hall–Kier alpha value is -1.90. The third-order valence-electron chi connectivity index (χ3n) is 3.87. The second-order valence-electron chi connectivity index (χ2n) is 5.87. The highest BCUT2D eigenvalue weighted by molar-refractivity contribution is 7.90. The van der Waals surface area contributed by atoms with E-state index in [-0.39, 0.29) is 30.0 Å². The molecule has 1 atom stereocenters. The van der Waals surface area contributed by atoms with E-state index in [0.29, 0.717) is 18.9 Å². The van der Waals surface area contributed by atoms with E-state index >= 15 is 0 Å². The van der Waals surface area contributed by atoms with Crippen molar-refractivity contribution in [3.63, 3.8) is 0 Å². The number of hydrogen-bond donors (Lipinski definition) is 1. The molecule has 0 aliphatic carbocycles. The molecule has 128 valence electrons. The molecule has 1 aromatic rings. The van der Waals surface area contributed by atoms with Gasteiger partial charge in [-0.3, -0.25) is 4.79 Å². The quantitative estimate of drug-likeness (QED) is 0.763. The predicted octanol–water partition coefficient (Wildman–Crippen LogP) is 0.0690. The molecule has 0 spiro atoms. The van der Waals surface area contributed by atoms with Gasteiger partial charge in [-0.1, -0.05) is 0 Å². The van der Waals surface area contributed by atoms with Gasteiger partial charge < -0.3 is 14.8 Å². The van der Waals surface area contributed by atoms with Crippen LogP contribution in [0.5, 0.6) is 0 Å². The molecule has 1 fully saturated rings. The van der Waals surface area contributed by atoms with Gasteiger partial charge in [-0.05, 0) is 12.8 Å². The third-order valence-corrected chi connectivity index (χ3v) is 4.82. The number of ketones is 1. The Morgan fingerprint density at radius 2 is 2.17 bits per heavy atom. The Bertz CT molecular complexity index is 683. The summed E-state index contributed by atoms with van der Waals surface area (Å²) >= 11 is 0. The Kier molecular flexibility index (Phi) is 5.40. The first-order valence-electron chi connectivity index (χ1n) is 7.50. The maximum Gasteiger partial charge on any atom is 0.317 e. The maximum absolute atomic E-state index is 12.5. The van der Waals surface area contributed by atoms with Crippen LogP contribution in [0.1, 0.15) is 23.5 Å². The molecule has 1 aliphatic heterocycles. The van der Waals surface area contributed by atoms with E-state index in [4.69, 9.17) is 0 Å². The number of likely N-dealkylation sites (tertiary alicyclic amines) is 1. The van der Waals surface area contributed by atoms with Crippen LogP contribution in [0.3, 0.4) is 0 Å². The van der Waals surface area contributed by atoms with Crippen molar-refractivity contribution in [3.05, 3.63) is 18.2 Å². The van der Waals surface area contributed by atoms with E-state index in [1.54, 1.807) is 28.9 Å². The van der Waals surface area contributed by atoms with Crippen molar-refractivity contribution in [3.8, 4) is 0 Å². The Morgan fingerprint density at radius 3 is 2.78 bits per heavy atom. The second kappa shape index (κ2) is 7.12. The number of carbonyl (C=O) groups excluding carboxylic acids is 2. The molecule has 0 aromatic carbocycles. The van der Waals surface area contributed by atoms with Gasteiger partial charge in [0, 0.05) is 51.2 Å². The summed E-state index contributed by atoms with van der Waals surface area (Å²) in [6.45, 7) is 0.970. The summed E-state index contributed by atoms with van der Waals surface area (Å²) in [6, 6.07) is -0.328. The number of amides is 2. The van der Waals surface area contributed by atoms with Gasteiger partial charge in [0.1, 0.15) is 9.84 Å². The van der Waals surface area contributed by atoms with Crippen LogP contribution in [-0.4, -0.2) is 66.3 Å². The van der Waals surface area contributed by atoms with E-state index in [1.165, 1.54) is 0 Å². The number of hydrogen-bond acceptors (Lipinski definition) is 5. The fraction of sp³-hybridized carbons (Fsp3) is 0.643. The lowest BCUT2D eigenvalue weighted by Crippen LogP contribution is -2.48. The number of carbonyl (C=O) groups is 2. The van der Waals surface area contributed by atoms with Crippen molar-refractivity contribution in [1.29, 1.82) is 0 Å². The largest absolute Gasteiger partial charge is 0.337 e. The summed E-state index contributed by atoms with van der Waals surface area (Å²) in [7, 11) is -1.34. The van der Waals surface area contributed by atoms with E-state index in [0.717, 1.165) is 19.1 Å². The zero-order valence-electron chi connectivity index (χ0n) is 13.4. The minimum atomic E-state index is -3.11. The summed E-state index contributed by atoms with van der Waals surface area (Å²) in [4.78, 5) is 30.2. The highest BCUT2D eigenvalue weighted by Gasteiger charge is 2.30. The highest BCUT2D eigenvalue weighted by Crippen LogP contribution is 2.20. The number of aryl methyl sites for hydroxylation is 1. The Labute approximate surface area is 135 Å². The fourth-order valence-corrected chi connectivity index (χ4v) is 3.09. The summed E-state index contributed by atoms with van der Waals surface area (Å²) < 4.78 is 23.8. The zero-order chi connectivity index (χ0) is 17.0. The van der Waals surface area contributed by atoms with Gasteiger partial charge in [-0.25, -0.2) is 18.2 Å². The second-order valence-corrected chi connectivity index (χ2v) is 8.13. The van der Waals surface area contributed by atoms with E-state index in [9.17, 15) is 18.0 Å². The van der Waals surface area contributed by atoms with Crippen LogP contribution in [0.4, 0.5) is 4.79 Å². The fourth-order valence-electron chi connectivity index (χ4n) is 2.62. The molecule has 1 aliphatic rings. The van der Waals surface area contributed by atoms with Crippen LogP contribution in [0.25, 0.3) is 0 Å². The summed E-state index contributed by atoms with van der Waals surface area (Å²) in [5.41, 5.74) is 0. The monoisotopic (exact) mass is 342 g/mol. The van der Waals surface area contributed by atoms with Crippen molar-refractivity contribution in [1.82, 2.24) is 19.8 Å². The van der Waals surface area contributed by atoms with Gasteiger partial charge in [-0.15, -0.1) is 0 Å². The molecule has 2 amide bonds. The molecule has 1 aromatic heterocycles. The van der Waals surface area contributed by atoms with Gasteiger partial charge in [0.2, 0.25) is 5.78 Å². The summed E-state index contributed by atoms with van der Waals surface area (Å²) in [5.74, 6) is -0.0339. The number of imidazole rings is 1. The van der Waals surface area contributed by atoms with Crippen molar-refractivity contribution in [2.75, 3.05) is 31.6 Å². The molecule has 0 radical (unpaired) electrons. The number of Topliss-reactive ketones (excluding diaryl/α,β-unsaturated/α-hetero) is 1. The number of urea groups is 1. The minimum Gasteiger partial charge on any atom is -0.337 e. The van der Waals surface area contributed by atoms with Crippen LogP contribution in [-0.2, 0) is 16.9 Å². The molecule has 1 N–H and O–H groups in total. The predicted molar refractivity (Wildman–Crippen MR) is 84.9 cm³/mol. The Balaban J connectivity index is 1.91. The average Bonchev–Trinajstić information content (AvgIpc) is 2.91. The number of nitrogens with one attached hydrogen (secondary N) is 1. The smallest absolute Gasteiger partial charge is 0.317 e. The van der Waals surface area contributed by atoms with Crippen LogP contribution in [0, 0.1) is 5.92 Å². The van der Waals surface area contributed by atoms with Gasteiger partial charge in [0.25, 0.3) is 0 Å². The number of sulfone groups is 1. The SMILES string of the molecule is Cn1ccnc1C(=O)[C@@H]1CCCN(C(=O)NCCS(C)(=O)=O)C1. The number of aromatic nitrogens is 2. The first-order valence-corrected chi connectivity index (χ1v) is 9.56. The first-order chi connectivity index (χ1) is 10.8. The maximum atomic E-state index is 12.5. The van der Waals surface area contributed by atoms with E-state index in [2.05, 4.69) is 10.3 Å². The minimum absolute atomic E-state index is 0.0638. The zero-order valence-corrected chi connectivity index (χ0v) is 14.2. The Morgan fingerprint density at radius 1 is 1.43 bits per heavy atom. The number of piperidine rings is 1. The molecule has 1 saturated heterocycles. The molecule has 0 unspecified atom stereocenters. The molecule has 2 heterocycles. The third kappa shape index (κ3) is 4.78. The van der Waals surface area contributed by atoms with Gasteiger partial charge in [-0.2, -0.15) is 0 Å². The topological polar surface area (TPSA) is 101 Å². The van der Waals surface area contributed by atoms with Gasteiger partial charge in [0.15, 0.2) is 5.82 Å². The standard InChI is InChI=1S/C14H22N4O4S/c1-17-8-5-15-13(17)12(19)11-4-3-7-18(10-11)14(20)16-6-9-23(2,21)22/h5,8,11H,3-4,6-7,9-10H2,1-2H3,(H,16,20)/t11-/m1/s1. The number of nitrogens with zero attached hydrogens (tertiary/aromatic N) is 3. The number of rotatable bonds is 5. The lowest BCUT2D eigenvalue weighted by Gasteiger charge is -2.31. The first kappa shape index (κ1) is 17.5. The van der Waals surface area contributed by atoms with E-state index in [1.807, 2.05) is 0 Å². The molecule has 0 saturated carbocycles. The van der Waals surface area contributed by atoms with Crippen molar-refractivity contribution < 1.29 is 18.0 Å². The lowest BCUT2D eigenvalue weighted by molar-refractivity contribution is 0.0832. The van der Waals surface area contributed by atoms with Crippen molar-refractivity contribution >= 4 is 21.7 Å². The van der Waals surface area contributed by atoms with Gasteiger partial charge >= 0.3 is 6.03 Å². The highest BCUT2D eigenvalue weighted by atomic mass is 32.2. The van der Waals surface area contributed by atoms with Crippen LogP contribution in [0.2, 0.25) is 0 Å². The van der Waals surface area contributed by atoms with Crippen LogP contribution >= 0.6 is 0 Å². The molecule has 9 heteroatoms. The lowest BCUT2D eigenvalue weighted by atomic mass is 9.93.